The van der Waals surface area contributed by atoms with Crippen molar-refractivity contribution in [3.8, 4) is 5.75 Å². The van der Waals surface area contributed by atoms with E-state index in [1.165, 1.54) is 13.2 Å². The zero-order valence-electron chi connectivity index (χ0n) is 11.4. The van der Waals surface area contributed by atoms with E-state index >= 15 is 0 Å². The van der Waals surface area contributed by atoms with E-state index in [1.807, 2.05) is 30.3 Å². The van der Waals surface area contributed by atoms with Crippen molar-refractivity contribution in [3.05, 3.63) is 65.2 Å². The van der Waals surface area contributed by atoms with E-state index in [0.717, 1.165) is 5.56 Å². The molecule has 0 atom stereocenters. The summed E-state index contributed by atoms with van der Waals surface area (Å²) in [4.78, 5) is 22.3. The van der Waals surface area contributed by atoms with Gasteiger partial charge in [0.2, 0.25) is 0 Å². The third-order valence-corrected chi connectivity index (χ3v) is 2.99. The number of carbonyl (C=O) groups is 2. The Balaban J connectivity index is 2.56. The molecule has 0 unspecified atom stereocenters. The van der Waals surface area contributed by atoms with Gasteiger partial charge in [0.05, 0.1) is 12.7 Å². The Labute approximate surface area is 122 Å². The minimum Gasteiger partial charge on any atom is -0.496 e. The summed E-state index contributed by atoms with van der Waals surface area (Å²) in [5.74, 6) is -0.708. The highest BCUT2D eigenvalue weighted by Crippen LogP contribution is 2.28. The van der Waals surface area contributed by atoms with Crippen molar-refractivity contribution < 1.29 is 19.4 Å². The number of hydrogen-bond acceptors (Lipinski definition) is 3. The Morgan fingerprint density at radius 3 is 2.38 bits per heavy atom. The van der Waals surface area contributed by atoms with Crippen molar-refractivity contribution in [1.29, 1.82) is 0 Å². The van der Waals surface area contributed by atoms with Crippen LogP contribution in [0.2, 0.25) is 0 Å². The Bertz CT molecular complexity index is 687. The van der Waals surface area contributed by atoms with Gasteiger partial charge in [-0.1, -0.05) is 36.4 Å². The van der Waals surface area contributed by atoms with E-state index in [0.29, 0.717) is 23.2 Å². The second-order valence-corrected chi connectivity index (χ2v) is 4.35. The molecule has 2 aromatic rings. The van der Waals surface area contributed by atoms with E-state index in [4.69, 9.17) is 4.74 Å². The maximum absolute atomic E-state index is 11.5. The third kappa shape index (κ3) is 3.36. The van der Waals surface area contributed by atoms with Crippen LogP contribution in [-0.4, -0.2) is 24.5 Å². The van der Waals surface area contributed by atoms with Crippen LogP contribution in [0.15, 0.2) is 48.5 Å². The number of methoxy groups -OCH3 is 1. The van der Waals surface area contributed by atoms with Crippen LogP contribution in [0, 0.1) is 0 Å². The summed E-state index contributed by atoms with van der Waals surface area (Å²) < 4.78 is 5.19. The summed E-state index contributed by atoms with van der Waals surface area (Å²) in [5, 5.41) is 9.44. The molecule has 0 heterocycles. The first-order chi connectivity index (χ1) is 10.2. The normalized spacial score (nSPS) is 11.0. The maximum atomic E-state index is 11.5. The van der Waals surface area contributed by atoms with Gasteiger partial charge in [-0.15, -0.1) is 0 Å². The summed E-state index contributed by atoms with van der Waals surface area (Å²) in [6, 6.07) is 13.8. The topological polar surface area (TPSA) is 63.6 Å². The highest BCUT2D eigenvalue weighted by atomic mass is 16.5. The second-order valence-electron chi connectivity index (χ2n) is 4.35. The molecule has 0 aliphatic carbocycles. The van der Waals surface area contributed by atoms with Crippen LogP contribution in [0.25, 0.3) is 11.6 Å². The predicted molar refractivity (Wildman–Crippen MR) is 80.3 cm³/mol. The maximum Gasteiger partial charge on any atom is 0.336 e. The second kappa shape index (κ2) is 6.52. The van der Waals surface area contributed by atoms with Gasteiger partial charge in [0.25, 0.3) is 0 Å². The van der Waals surface area contributed by atoms with Crippen LogP contribution < -0.4 is 4.74 Å². The number of rotatable bonds is 5. The van der Waals surface area contributed by atoms with Gasteiger partial charge >= 0.3 is 5.97 Å². The molecular formula is C17H14O4. The lowest BCUT2D eigenvalue weighted by Gasteiger charge is -2.10. The predicted octanol–water partition coefficient (Wildman–Crippen LogP) is 3.13. The van der Waals surface area contributed by atoms with Crippen LogP contribution in [0.3, 0.4) is 0 Å². The Kier molecular flexibility index (Phi) is 4.51. The average molecular weight is 282 g/mol. The van der Waals surface area contributed by atoms with Crippen LogP contribution in [0.5, 0.6) is 5.75 Å². The summed E-state index contributed by atoms with van der Waals surface area (Å²) >= 11 is 0. The molecule has 0 aliphatic rings. The zero-order chi connectivity index (χ0) is 15.2. The van der Waals surface area contributed by atoms with Gasteiger partial charge in [-0.2, -0.15) is 0 Å². The van der Waals surface area contributed by atoms with Crippen LogP contribution in [-0.2, 0) is 4.79 Å². The monoisotopic (exact) mass is 282 g/mol. The van der Waals surface area contributed by atoms with Gasteiger partial charge in [0, 0.05) is 11.1 Å². The highest BCUT2D eigenvalue weighted by molar-refractivity contribution is 6.21. The molecule has 21 heavy (non-hydrogen) atoms. The number of carboxylic acid groups (broad SMARTS) is 1. The van der Waals surface area contributed by atoms with E-state index in [1.54, 1.807) is 18.2 Å². The molecule has 0 saturated heterocycles. The Morgan fingerprint density at radius 1 is 1.10 bits per heavy atom. The van der Waals surface area contributed by atoms with Crippen molar-refractivity contribution in [1.82, 2.24) is 0 Å². The van der Waals surface area contributed by atoms with Crippen molar-refractivity contribution in [2.45, 2.75) is 0 Å². The molecule has 0 aromatic heterocycles. The molecule has 4 nitrogen and oxygen atoms in total. The van der Waals surface area contributed by atoms with Crippen LogP contribution in [0.4, 0.5) is 0 Å². The molecular weight excluding hydrogens is 268 g/mol. The molecule has 106 valence electrons. The lowest BCUT2D eigenvalue weighted by atomic mass is 10.0. The van der Waals surface area contributed by atoms with E-state index < -0.39 is 5.97 Å². The molecule has 4 heteroatoms. The summed E-state index contributed by atoms with van der Waals surface area (Å²) in [6.45, 7) is 0. The van der Waals surface area contributed by atoms with Gasteiger partial charge in [0.15, 0.2) is 0 Å². The van der Waals surface area contributed by atoms with Gasteiger partial charge in [-0.3, -0.25) is 4.79 Å². The number of ether oxygens (including phenoxy) is 1. The molecule has 0 spiro atoms. The van der Waals surface area contributed by atoms with E-state index in [2.05, 4.69) is 0 Å². The standard InChI is InChI=1S/C17H14O4/c1-21-16-10-13(11-18)7-8-14(16)15(17(19)20)9-12-5-3-2-4-6-12/h2-11H,1H3,(H,19,20)/b15-9+. The molecule has 0 saturated carbocycles. The third-order valence-electron chi connectivity index (χ3n) is 2.99. The fourth-order valence-corrected chi connectivity index (χ4v) is 1.97. The van der Waals surface area contributed by atoms with Gasteiger partial charge in [0.1, 0.15) is 12.0 Å². The molecule has 0 bridgehead atoms. The molecule has 2 aromatic carbocycles. The SMILES string of the molecule is COc1cc(C=O)ccc1/C(=C\c1ccccc1)C(=O)O. The zero-order valence-corrected chi connectivity index (χ0v) is 11.4. The van der Waals surface area contributed by atoms with Gasteiger partial charge in [-0.05, 0) is 23.8 Å². The van der Waals surface area contributed by atoms with Crippen molar-refractivity contribution in [3.63, 3.8) is 0 Å². The molecule has 0 fully saturated rings. The van der Waals surface area contributed by atoms with E-state index in [-0.39, 0.29) is 5.57 Å². The first-order valence-corrected chi connectivity index (χ1v) is 6.29. The lowest BCUT2D eigenvalue weighted by Crippen LogP contribution is -2.02. The Morgan fingerprint density at radius 2 is 1.81 bits per heavy atom. The number of carboxylic acids is 1. The first-order valence-electron chi connectivity index (χ1n) is 6.29. The number of aliphatic carboxylic acids is 1. The Hall–Kier alpha value is -2.88. The number of aldehydes is 1. The summed E-state index contributed by atoms with van der Waals surface area (Å²) in [6.07, 6.45) is 2.26. The summed E-state index contributed by atoms with van der Waals surface area (Å²) in [7, 11) is 1.44. The fourth-order valence-electron chi connectivity index (χ4n) is 1.97. The van der Waals surface area contributed by atoms with E-state index in [9.17, 15) is 14.7 Å². The van der Waals surface area contributed by atoms with Gasteiger partial charge < -0.3 is 9.84 Å². The lowest BCUT2D eigenvalue weighted by molar-refractivity contribution is -0.130. The van der Waals surface area contributed by atoms with Crippen molar-refractivity contribution >= 4 is 23.9 Å². The number of hydrogen-bond donors (Lipinski definition) is 1. The van der Waals surface area contributed by atoms with Crippen LogP contribution in [0.1, 0.15) is 21.5 Å². The minimum atomic E-state index is -1.06. The molecule has 0 amide bonds. The van der Waals surface area contributed by atoms with Crippen molar-refractivity contribution in [2.75, 3.05) is 7.11 Å². The molecule has 1 N–H and O–H groups in total. The largest absolute Gasteiger partial charge is 0.496 e. The summed E-state index contributed by atoms with van der Waals surface area (Å²) in [5.41, 5.74) is 1.74. The highest BCUT2D eigenvalue weighted by Gasteiger charge is 2.16. The number of carbonyl (C=O) groups excluding carboxylic acids is 1. The molecule has 2 rings (SSSR count). The average Bonchev–Trinajstić information content (AvgIpc) is 2.52. The fraction of sp³-hybridized carbons (Fsp3) is 0.0588. The quantitative estimate of drug-likeness (QED) is 0.520. The van der Waals surface area contributed by atoms with Crippen LogP contribution >= 0.6 is 0 Å². The minimum absolute atomic E-state index is 0.107. The first kappa shape index (κ1) is 14.5. The molecule has 0 aliphatic heterocycles. The van der Waals surface area contributed by atoms with Crippen molar-refractivity contribution in [2.24, 2.45) is 0 Å². The van der Waals surface area contributed by atoms with Gasteiger partial charge in [-0.25, -0.2) is 4.79 Å². The number of benzene rings is 2. The molecule has 0 radical (unpaired) electrons. The smallest absolute Gasteiger partial charge is 0.336 e.